The summed E-state index contributed by atoms with van der Waals surface area (Å²) in [4.78, 5) is 16.7. The Morgan fingerprint density at radius 2 is 1.24 bits per heavy atom. The molecule has 0 radical (unpaired) electrons. The predicted molar refractivity (Wildman–Crippen MR) is 128 cm³/mol. The molecule has 0 aliphatic rings. The number of pyridine rings is 1. The molecule has 1 heterocycles. The van der Waals surface area contributed by atoms with Crippen molar-refractivity contribution in [3.63, 3.8) is 0 Å². The van der Waals surface area contributed by atoms with Gasteiger partial charge in [-0.3, -0.25) is 0 Å². The molecule has 0 spiro atoms. The number of hydrogen-bond acceptors (Lipinski definition) is 5. The molecule has 0 fully saturated rings. The SMILES string of the molecule is CCOC(=O)c1cc(Oc2ccc3ccccc3c2)cc(Oc2ccc3ccccc3c2)n1. The topological polar surface area (TPSA) is 57.7 Å². The first-order chi connectivity index (χ1) is 16.2. The van der Waals surface area contributed by atoms with Crippen molar-refractivity contribution in [2.45, 2.75) is 6.92 Å². The third-order valence-corrected chi connectivity index (χ3v) is 5.16. The molecule has 0 N–H and O–H groups in total. The standard InChI is InChI=1S/C28H21NO4/c1-2-31-28(30)26-17-25(32-23-13-11-19-7-3-5-9-21(19)15-23)18-27(29-26)33-24-14-12-20-8-4-6-10-22(20)16-24/h3-18H,2H2,1H3. The van der Waals surface area contributed by atoms with Crippen molar-refractivity contribution >= 4 is 27.5 Å². The molecule has 0 aliphatic heterocycles. The van der Waals surface area contributed by atoms with Crippen LogP contribution >= 0.6 is 0 Å². The zero-order valence-electron chi connectivity index (χ0n) is 18.0. The van der Waals surface area contributed by atoms with Crippen LogP contribution in [0.3, 0.4) is 0 Å². The van der Waals surface area contributed by atoms with E-state index < -0.39 is 5.97 Å². The monoisotopic (exact) mass is 435 g/mol. The molecule has 5 heteroatoms. The first-order valence-electron chi connectivity index (χ1n) is 10.7. The van der Waals surface area contributed by atoms with Gasteiger partial charge in [0.2, 0.25) is 5.88 Å². The van der Waals surface area contributed by atoms with Crippen molar-refractivity contribution in [1.29, 1.82) is 0 Å². The average Bonchev–Trinajstić information content (AvgIpc) is 2.84. The highest BCUT2D eigenvalue weighted by Gasteiger charge is 2.15. The second-order valence-electron chi connectivity index (χ2n) is 7.47. The van der Waals surface area contributed by atoms with Gasteiger partial charge in [0.1, 0.15) is 17.2 Å². The molecule has 5 rings (SSSR count). The van der Waals surface area contributed by atoms with Gasteiger partial charge in [0.15, 0.2) is 5.69 Å². The van der Waals surface area contributed by atoms with Gasteiger partial charge in [-0.2, -0.15) is 0 Å². The van der Waals surface area contributed by atoms with E-state index in [2.05, 4.69) is 4.98 Å². The van der Waals surface area contributed by atoms with E-state index in [-0.39, 0.29) is 18.2 Å². The summed E-state index contributed by atoms with van der Waals surface area (Å²) in [6, 6.07) is 30.9. The number of esters is 1. The lowest BCUT2D eigenvalue weighted by Crippen LogP contribution is -2.08. The predicted octanol–water partition coefficient (Wildman–Crippen LogP) is 7.15. The van der Waals surface area contributed by atoms with E-state index in [9.17, 15) is 4.79 Å². The third kappa shape index (κ3) is 4.62. The Hall–Kier alpha value is -4.38. The Labute approximate surface area is 191 Å². The number of ether oxygens (including phenoxy) is 3. The molecular weight excluding hydrogens is 414 g/mol. The summed E-state index contributed by atoms with van der Waals surface area (Å²) in [6.45, 7) is 2.00. The lowest BCUT2D eigenvalue weighted by atomic mass is 10.1. The first kappa shape index (κ1) is 20.5. The summed E-state index contributed by atoms with van der Waals surface area (Å²) in [5, 5.41) is 4.33. The van der Waals surface area contributed by atoms with Gasteiger partial charge in [0.05, 0.1) is 6.61 Å². The van der Waals surface area contributed by atoms with Crippen LogP contribution in [0.15, 0.2) is 97.1 Å². The number of benzene rings is 4. The molecule has 0 saturated carbocycles. The summed E-state index contributed by atoms with van der Waals surface area (Å²) < 4.78 is 17.2. The number of rotatable bonds is 6. The van der Waals surface area contributed by atoms with Crippen molar-refractivity contribution in [3.8, 4) is 23.1 Å². The lowest BCUT2D eigenvalue weighted by Gasteiger charge is -2.12. The fraction of sp³-hybridized carbons (Fsp3) is 0.0714. The van der Waals surface area contributed by atoms with Gasteiger partial charge < -0.3 is 14.2 Å². The van der Waals surface area contributed by atoms with Crippen molar-refractivity contribution in [3.05, 3.63) is 103 Å². The van der Waals surface area contributed by atoms with Crippen LogP contribution in [0.5, 0.6) is 23.1 Å². The second-order valence-corrected chi connectivity index (χ2v) is 7.47. The molecule has 5 nitrogen and oxygen atoms in total. The highest BCUT2D eigenvalue weighted by Crippen LogP contribution is 2.31. The van der Waals surface area contributed by atoms with Crippen LogP contribution in [-0.4, -0.2) is 17.6 Å². The van der Waals surface area contributed by atoms with E-state index in [1.807, 2.05) is 84.9 Å². The highest BCUT2D eigenvalue weighted by molar-refractivity contribution is 5.88. The third-order valence-electron chi connectivity index (χ3n) is 5.16. The highest BCUT2D eigenvalue weighted by atomic mass is 16.5. The van der Waals surface area contributed by atoms with E-state index in [1.165, 1.54) is 0 Å². The maximum Gasteiger partial charge on any atom is 0.357 e. The first-order valence-corrected chi connectivity index (χ1v) is 10.7. The maximum absolute atomic E-state index is 12.4. The Kier molecular flexibility index (Phi) is 5.60. The molecule has 4 aromatic carbocycles. The van der Waals surface area contributed by atoms with E-state index >= 15 is 0 Å². The summed E-state index contributed by atoms with van der Waals surface area (Å²) in [5.74, 6) is 1.39. The molecule has 0 amide bonds. The zero-order valence-corrected chi connectivity index (χ0v) is 18.0. The average molecular weight is 435 g/mol. The van der Waals surface area contributed by atoms with Crippen LogP contribution in [0.4, 0.5) is 0 Å². The maximum atomic E-state index is 12.4. The van der Waals surface area contributed by atoms with Crippen LogP contribution in [0.25, 0.3) is 21.5 Å². The summed E-state index contributed by atoms with van der Waals surface area (Å²) in [6.07, 6.45) is 0. The molecule has 0 aliphatic carbocycles. The molecule has 33 heavy (non-hydrogen) atoms. The van der Waals surface area contributed by atoms with Crippen LogP contribution in [-0.2, 0) is 4.74 Å². The molecular formula is C28H21NO4. The molecule has 0 atom stereocenters. The number of aromatic nitrogens is 1. The Morgan fingerprint density at radius 1 is 0.667 bits per heavy atom. The van der Waals surface area contributed by atoms with E-state index in [0.29, 0.717) is 17.2 Å². The van der Waals surface area contributed by atoms with Gasteiger partial charge in [-0.15, -0.1) is 0 Å². The van der Waals surface area contributed by atoms with Gasteiger partial charge in [-0.25, -0.2) is 9.78 Å². The van der Waals surface area contributed by atoms with Crippen LogP contribution in [0.2, 0.25) is 0 Å². The van der Waals surface area contributed by atoms with Crippen LogP contribution in [0.1, 0.15) is 17.4 Å². The van der Waals surface area contributed by atoms with E-state index in [1.54, 1.807) is 19.1 Å². The Bertz CT molecular complexity index is 1360. The number of nitrogens with zero attached hydrogens (tertiary/aromatic N) is 1. The summed E-state index contributed by atoms with van der Waals surface area (Å²) in [7, 11) is 0. The fourth-order valence-corrected chi connectivity index (χ4v) is 3.62. The smallest absolute Gasteiger partial charge is 0.357 e. The molecule has 5 aromatic rings. The van der Waals surface area contributed by atoms with E-state index in [0.717, 1.165) is 21.5 Å². The van der Waals surface area contributed by atoms with Crippen LogP contribution in [0, 0.1) is 0 Å². The van der Waals surface area contributed by atoms with Crippen molar-refractivity contribution in [2.24, 2.45) is 0 Å². The molecule has 0 unspecified atom stereocenters. The minimum atomic E-state index is -0.537. The Morgan fingerprint density at radius 3 is 1.85 bits per heavy atom. The quantitative estimate of drug-likeness (QED) is 0.265. The van der Waals surface area contributed by atoms with Gasteiger partial charge in [-0.1, -0.05) is 60.7 Å². The summed E-state index contributed by atoms with van der Waals surface area (Å²) in [5.41, 5.74) is 0.117. The zero-order chi connectivity index (χ0) is 22.6. The molecule has 0 saturated heterocycles. The normalized spacial score (nSPS) is 10.8. The number of carbonyl (C=O) groups is 1. The minimum absolute atomic E-state index is 0.117. The number of hydrogen-bond donors (Lipinski definition) is 0. The minimum Gasteiger partial charge on any atom is -0.461 e. The Balaban J connectivity index is 1.48. The number of fused-ring (bicyclic) bond motifs is 2. The second kappa shape index (κ2) is 9.01. The van der Waals surface area contributed by atoms with E-state index in [4.69, 9.17) is 14.2 Å². The molecule has 162 valence electrons. The number of carbonyl (C=O) groups excluding carboxylic acids is 1. The summed E-state index contributed by atoms with van der Waals surface area (Å²) >= 11 is 0. The van der Waals surface area contributed by atoms with Gasteiger partial charge in [0.25, 0.3) is 0 Å². The van der Waals surface area contributed by atoms with Crippen molar-refractivity contribution < 1.29 is 19.0 Å². The van der Waals surface area contributed by atoms with Gasteiger partial charge in [-0.05, 0) is 52.7 Å². The molecule has 0 bridgehead atoms. The lowest BCUT2D eigenvalue weighted by molar-refractivity contribution is 0.0518. The van der Waals surface area contributed by atoms with Crippen LogP contribution < -0.4 is 9.47 Å². The largest absolute Gasteiger partial charge is 0.461 e. The fourth-order valence-electron chi connectivity index (χ4n) is 3.62. The van der Waals surface area contributed by atoms with Crippen molar-refractivity contribution in [1.82, 2.24) is 4.98 Å². The van der Waals surface area contributed by atoms with Gasteiger partial charge in [0, 0.05) is 12.1 Å². The van der Waals surface area contributed by atoms with Crippen molar-refractivity contribution in [2.75, 3.05) is 6.61 Å². The van der Waals surface area contributed by atoms with Gasteiger partial charge >= 0.3 is 5.97 Å². The molecule has 1 aromatic heterocycles.